The Labute approximate surface area is 143 Å². The van der Waals surface area contributed by atoms with Crippen molar-refractivity contribution in [3.63, 3.8) is 0 Å². The average Bonchev–Trinajstić information content (AvgIpc) is 3.07. The maximum Gasteiger partial charge on any atom is 0.308 e. The minimum Gasteiger partial charge on any atom is -0.481 e. The molecule has 0 bridgehead atoms. The molecule has 3 rings (SSSR count). The lowest BCUT2D eigenvalue weighted by molar-refractivity contribution is -0.141. The van der Waals surface area contributed by atoms with E-state index in [1.165, 1.54) is 29.2 Å². The Bertz CT molecular complexity index is 779. The van der Waals surface area contributed by atoms with Crippen LogP contribution in [0.25, 0.3) is 0 Å². The number of hydrogen-bond acceptors (Lipinski definition) is 2. The van der Waals surface area contributed by atoms with E-state index in [1.54, 1.807) is 0 Å². The summed E-state index contributed by atoms with van der Waals surface area (Å²) in [5.74, 6) is -2.43. The Morgan fingerprint density at radius 3 is 2.40 bits per heavy atom. The second-order valence-electron chi connectivity index (χ2n) is 6.10. The first kappa shape index (κ1) is 17.1. The summed E-state index contributed by atoms with van der Waals surface area (Å²) in [6.07, 6.45) is -2.66. The molecule has 6 heteroatoms. The first-order chi connectivity index (χ1) is 12.0. The van der Waals surface area contributed by atoms with Gasteiger partial charge in [0.2, 0.25) is 0 Å². The molecule has 0 unspecified atom stereocenters. The fourth-order valence-corrected chi connectivity index (χ4v) is 3.25. The number of aliphatic carboxylic acids is 1. The molecule has 0 aromatic heterocycles. The lowest BCUT2D eigenvalue weighted by atomic mass is 9.89. The highest BCUT2D eigenvalue weighted by Gasteiger charge is 2.40. The number of nitrogens with zero attached hydrogens (tertiary/aromatic N) is 1. The smallest absolute Gasteiger partial charge is 0.308 e. The second-order valence-corrected chi connectivity index (χ2v) is 6.10. The standard InChI is InChI=1S/C19H17F2NO3/c20-17(21)13-7-4-8-14(9-13)18(23)22-10-15(16(11-22)19(24)25)12-5-2-1-3-6-12/h1-9,15-17H,10-11H2,(H,24,25)/t15-,16-/m1/s1. The molecule has 130 valence electrons. The topological polar surface area (TPSA) is 57.6 Å². The van der Waals surface area contributed by atoms with Gasteiger partial charge in [0.1, 0.15) is 0 Å². The summed E-state index contributed by atoms with van der Waals surface area (Å²) in [5, 5.41) is 9.49. The Hall–Kier alpha value is -2.76. The van der Waals surface area contributed by atoms with Gasteiger partial charge in [0.05, 0.1) is 5.92 Å². The van der Waals surface area contributed by atoms with Crippen LogP contribution in [0.2, 0.25) is 0 Å². The highest BCUT2D eigenvalue weighted by molar-refractivity contribution is 5.95. The van der Waals surface area contributed by atoms with Crippen molar-refractivity contribution in [2.45, 2.75) is 12.3 Å². The number of halogens is 2. The molecule has 2 aromatic carbocycles. The Morgan fingerprint density at radius 2 is 1.76 bits per heavy atom. The van der Waals surface area contributed by atoms with Crippen LogP contribution in [-0.2, 0) is 4.79 Å². The molecule has 25 heavy (non-hydrogen) atoms. The van der Waals surface area contributed by atoms with Gasteiger partial charge < -0.3 is 10.0 Å². The molecule has 1 aliphatic rings. The highest BCUT2D eigenvalue weighted by Crippen LogP contribution is 2.34. The van der Waals surface area contributed by atoms with E-state index in [2.05, 4.69) is 0 Å². The number of carboxylic acid groups (broad SMARTS) is 1. The molecule has 1 fully saturated rings. The fourth-order valence-electron chi connectivity index (χ4n) is 3.25. The number of rotatable bonds is 4. The lowest BCUT2D eigenvalue weighted by Gasteiger charge is -2.17. The number of hydrogen-bond donors (Lipinski definition) is 1. The van der Waals surface area contributed by atoms with E-state index in [4.69, 9.17) is 0 Å². The van der Waals surface area contributed by atoms with Crippen LogP contribution in [0.5, 0.6) is 0 Å². The highest BCUT2D eigenvalue weighted by atomic mass is 19.3. The quantitative estimate of drug-likeness (QED) is 0.922. The fraction of sp³-hybridized carbons (Fsp3) is 0.263. The number of amides is 1. The Morgan fingerprint density at radius 1 is 1.04 bits per heavy atom. The number of benzene rings is 2. The molecule has 0 aliphatic carbocycles. The van der Waals surface area contributed by atoms with Crippen LogP contribution in [0.4, 0.5) is 8.78 Å². The monoisotopic (exact) mass is 345 g/mol. The first-order valence-electron chi connectivity index (χ1n) is 7.92. The van der Waals surface area contributed by atoms with Crippen LogP contribution >= 0.6 is 0 Å². The van der Waals surface area contributed by atoms with Gasteiger partial charge in [-0.3, -0.25) is 9.59 Å². The van der Waals surface area contributed by atoms with Gasteiger partial charge in [-0.15, -0.1) is 0 Å². The van der Waals surface area contributed by atoms with E-state index < -0.39 is 24.2 Å². The molecule has 1 amide bonds. The van der Waals surface area contributed by atoms with Crippen molar-refractivity contribution in [3.05, 3.63) is 71.3 Å². The zero-order chi connectivity index (χ0) is 18.0. The maximum atomic E-state index is 12.8. The number of carbonyl (C=O) groups is 2. The number of alkyl halides is 2. The summed E-state index contributed by atoms with van der Waals surface area (Å²) in [6, 6.07) is 14.5. The summed E-state index contributed by atoms with van der Waals surface area (Å²) in [4.78, 5) is 25.7. The molecular weight excluding hydrogens is 328 g/mol. The van der Waals surface area contributed by atoms with Gasteiger partial charge in [-0.25, -0.2) is 8.78 Å². The summed E-state index contributed by atoms with van der Waals surface area (Å²) in [6.45, 7) is 0.311. The molecule has 4 nitrogen and oxygen atoms in total. The minimum absolute atomic E-state index is 0.0621. The Balaban J connectivity index is 1.85. The molecule has 1 heterocycles. The number of carboxylic acids is 1. The molecule has 0 saturated carbocycles. The Kier molecular flexibility index (Phi) is 4.79. The van der Waals surface area contributed by atoms with Crippen molar-refractivity contribution in [2.75, 3.05) is 13.1 Å². The van der Waals surface area contributed by atoms with Crippen LogP contribution < -0.4 is 0 Å². The third kappa shape index (κ3) is 3.52. The zero-order valence-electron chi connectivity index (χ0n) is 13.3. The van der Waals surface area contributed by atoms with E-state index in [9.17, 15) is 23.5 Å². The van der Waals surface area contributed by atoms with Crippen molar-refractivity contribution in [2.24, 2.45) is 5.92 Å². The normalized spacial score (nSPS) is 20.0. The summed E-state index contributed by atoms with van der Waals surface area (Å²) >= 11 is 0. The van der Waals surface area contributed by atoms with Crippen molar-refractivity contribution in [1.29, 1.82) is 0 Å². The molecule has 2 atom stereocenters. The maximum absolute atomic E-state index is 12.8. The first-order valence-corrected chi connectivity index (χ1v) is 7.92. The number of carbonyl (C=O) groups excluding carboxylic acids is 1. The van der Waals surface area contributed by atoms with Gasteiger partial charge in [-0.1, -0.05) is 42.5 Å². The predicted molar refractivity (Wildman–Crippen MR) is 87.6 cm³/mol. The molecular formula is C19H17F2NO3. The number of likely N-dealkylation sites (tertiary alicyclic amines) is 1. The third-order valence-corrected chi connectivity index (χ3v) is 4.54. The van der Waals surface area contributed by atoms with Crippen molar-refractivity contribution in [3.8, 4) is 0 Å². The van der Waals surface area contributed by atoms with Crippen LogP contribution in [-0.4, -0.2) is 35.0 Å². The van der Waals surface area contributed by atoms with Gasteiger partial charge >= 0.3 is 5.97 Å². The van der Waals surface area contributed by atoms with Crippen molar-refractivity contribution < 1.29 is 23.5 Å². The van der Waals surface area contributed by atoms with Crippen LogP contribution in [0.1, 0.15) is 33.8 Å². The summed E-state index contributed by atoms with van der Waals surface area (Å²) in [5.41, 5.74) is 0.779. The second kappa shape index (κ2) is 7.01. The van der Waals surface area contributed by atoms with E-state index >= 15 is 0 Å². The van der Waals surface area contributed by atoms with E-state index in [0.29, 0.717) is 0 Å². The SMILES string of the molecule is O=C(O)[C@@H]1CN(C(=O)c2cccc(C(F)F)c2)C[C@@H]1c1ccccc1. The van der Waals surface area contributed by atoms with Crippen LogP contribution in [0.15, 0.2) is 54.6 Å². The third-order valence-electron chi connectivity index (χ3n) is 4.54. The predicted octanol–water partition coefficient (Wildman–Crippen LogP) is 3.56. The summed E-state index contributed by atoms with van der Waals surface area (Å²) < 4.78 is 25.7. The molecule has 1 saturated heterocycles. The van der Waals surface area contributed by atoms with Gasteiger partial charge in [-0.05, 0) is 17.7 Å². The van der Waals surface area contributed by atoms with Gasteiger partial charge in [0.25, 0.3) is 12.3 Å². The lowest BCUT2D eigenvalue weighted by Crippen LogP contribution is -2.30. The summed E-state index contributed by atoms with van der Waals surface area (Å²) in [7, 11) is 0. The van der Waals surface area contributed by atoms with E-state index in [1.807, 2.05) is 30.3 Å². The van der Waals surface area contributed by atoms with Crippen molar-refractivity contribution in [1.82, 2.24) is 4.90 Å². The molecule has 0 spiro atoms. The molecule has 1 aliphatic heterocycles. The molecule has 0 radical (unpaired) electrons. The minimum atomic E-state index is -2.66. The molecule has 2 aromatic rings. The van der Waals surface area contributed by atoms with E-state index in [-0.39, 0.29) is 30.1 Å². The van der Waals surface area contributed by atoms with Gasteiger partial charge in [0.15, 0.2) is 0 Å². The zero-order valence-corrected chi connectivity index (χ0v) is 13.3. The van der Waals surface area contributed by atoms with Gasteiger partial charge in [-0.2, -0.15) is 0 Å². The van der Waals surface area contributed by atoms with Crippen molar-refractivity contribution >= 4 is 11.9 Å². The van der Waals surface area contributed by atoms with Crippen LogP contribution in [0.3, 0.4) is 0 Å². The van der Waals surface area contributed by atoms with E-state index in [0.717, 1.165) is 5.56 Å². The van der Waals surface area contributed by atoms with Gasteiger partial charge in [0, 0.05) is 30.1 Å². The molecule has 1 N–H and O–H groups in total. The average molecular weight is 345 g/mol. The largest absolute Gasteiger partial charge is 0.481 e. The van der Waals surface area contributed by atoms with Crippen LogP contribution in [0, 0.1) is 5.92 Å².